The Labute approximate surface area is 141 Å². The summed E-state index contributed by atoms with van der Waals surface area (Å²) in [5.74, 6) is -0.747. The number of aromatic nitrogens is 2. The Morgan fingerprint density at radius 2 is 2.17 bits per heavy atom. The molecule has 1 unspecified atom stereocenters. The molecule has 0 spiro atoms. The smallest absolute Gasteiger partial charge is 0.407 e. The van der Waals surface area contributed by atoms with Crippen LogP contribution in [-0.4, -0.2) is 44.6 Å². The maximum atomic E-state index is 12.0. The van der Waals surface area contributed by atoms with Gasteiger partial charge in [0.25, 0.3) is 5.91 Å². The molecule has 2 aromatic rings. The van der Waals surface area contributed by atoms with Gasteiger partial charge in [-0.1, -0.05) is 23.7 Å². The second-order valence-electron chi connectivity index (χ2n) is 5.36. The average Bonchev–Trinajstić information content (AvgIpc) is 2.93. The molecule has 0 aliphatic carbocycles. The molecule has 2 amide bonds. The molecule has 1 atom stereocenters. The Hall–Kier alpha value is -2.87. The van der Waals surface area contributed by atoms with Crippen molar-refractivity contribution < 1.29 is 19.5 Å². The molecule has 1 aliphatic heterocycles. The molecule has 1 aliphatic rings. The van der Waals surface area contributed by atoms with E-state index in [2.05, 4.69) is 5.10 Å². The highest BCUT2D eigenvalue weighted by Crippen LogP contribution is 2.31. The van der Waals surface area contributed by atoms with E-state index in [1.54, 1.807) is 24.3 Å². The standard InChI is InChI=1S/C15H13ClN4O4/c16-9-3-1-2-8(4-9)13-12(14(17)22)11-6-19(15(23)24)5-10(7-21)20(11)18-13/h1-4,7,10H,5-6H2,(H2,17,22)(H,23,24). The normalized spacial score (nSPS) is 16.5. The van der Waals surface area contributed by atoms with Crippen LogP contribution in [0.4, 0.5) is 4.79 Å². The van der Waals surface area contributed by atoms with Crippen LogP contribution in [-0.2, 0) is 11.3 Å². The molecule has 0 saturated carbocycles. The zero-order valence-corrected chi connectivity index (χ0v) is 13.1. The molecule has 8 nitrogen and oxygen atoms in total. The summed E-state index contributed by atoms with van der Waals surface area (Å²) in [6.07, 6.45) is -0.591. The predicted octanol–water partition coefficient (Wildman–Crippen LogP) is 1.54. The van der Waals surface area contributed by atoms with Crippen molar-refractivity contribution in [1.82, 2.24) is 14.7 Å². The molecule has 3 rings (SSSR count). The predicted molar refractivity (Wildman–Crippen MR) is 84.7 cm³/mol. The van der Waals surface area contributed by atoms with Crippen LogP contribution in [0.3, 0.4) is 0 Å². The van der Waals surface area contributed by atoms with Crippen molar-refractivity contribution in [2.24, 2.45) is 5.73 Å². The summed E-state index contributed by atoms with van der Waals surface area (Å²) in [6.45, 7) is -0.119. The maximum absolute atomic E-state index is 12.0. The molecule has 24 heavy (non-hydrogen) atoms. The van der Waals surface area contributed by atoms with E-state index in [1.165, 1.54) is 4.68 Å². The molecule has 0 fully saturated rings. The lowest BCUT2D eigenvalue weighted by atomic mass is 10.0. The molecule has 3 N–H and O–H groups in total. The zero-order chi connectivity index (χ0) is 17.4. The van der Waals surface area contributed by atoms with Gasteiger partial charge in [0.15, 0.2) is 0 Å². The first-order chi connectivity index (χ1) is 11.4. The van der Waals surface area contributed by atoms with Gasteiger partial charge in [-0.3, -0.25) is 14.4 Å². The summed E-state index contributed by atoms with van der Waals surface area (Å²) in [4.78, 5) is 35.6. The average molecular weight is 349 g/mol. The quantitative estimate of drug-likeness (QED) is 0.815. The molecule has 0 saturated heterocycles. The van der Waals surface area contributed by atoms with E-state index in [1.807, 2.05) is 0 Å². The number of hydrogen-bond donors (Lipinski definition) is 2. The third-order valence-corrected chi connectivity index (χ3v) is 4.08. The third-order valence-electron chi connectivity index (χ3n) is 3.84. The molecule has 1 aromatic heterocycles. The van der Waals surface area contributed by atoms with Gasteiger partial charge in [0, 0.05) is 10.6 Å². The molecule has 9 heteroatoms. The second kappa shape index (κ2) is 5.97. The summed E-state index contributed by atoms with van der Waals surface area (Å²) in [5.41, 5.74) is 6.71. The van der Waals surface area contributed by atoms with Gasteiger partial charge in [0.1, 0.15) is 18.0 Å². The monoisotopic (exact) mass is 348 g/mol. The fourth-order valence-corrected chi connectivity index (χ4v) is 2.98. The van der Waals surface area contributed by atoms with E-state index >= 15 is 0 Å². The number of fused-ring (bicyclic) bond motifs is 1. The van der Waals surface area contributed by atoms with Crippen LogP contribution in [0.25, 0.3) is 11.3 Å². The van der Waals surface area contributed by atoms with Crippen molar-refractivity contribution in [2.45, 2.75) is 12.6 Å². The van der Waals surface area contributed by atoms with Crippen LogP contribution in [0.1, 0.15) is 22.1 Å². The lowest BCUT2D eigenvalue weighted by Gasteiger charge is -2.29. The number of carboxylic acid groups (broad SMARTS) is 1. The molecular formula is C15H13ClN4O4. The van der Waals surface area contributed by atoms with E-state index < -0.39 is 18.0 Å². The first-order valence-electron chi connectivity index (χ1n) is 7.02. The second-order valence-corrected chi connectivity index (χ2v) is 5.79. The largest absolute Gasteiger partial charge is 0.465 e. The Bertz CT molecular complexity index is 848. The summed E-state index contributed by atoms with van der Waals surface area (Å²) in [6, 6.07) is 5.87. The SMILES string of the molecule is NC(=O)c1c(-c2cccc(Cl)c2)nn2c1CN(C(=O)O)CC2C=O. The number of primary amides is 1. The Kier molecular flexibility index (Phi) is 3.98. The lowest BCUT2D eigenvalue weighted by Crippen LogP contribution is -2.41. The van der Waals surface area contributed by atoms with Gasteiger partial charge in [-0.05, 0) is 12.1 Å². The number of carbonyl (C=O) groups excluding carboxylic acids is 2. The van der Waals surface area contributed by atoms with Gasteiger partial charge in [0.05, 0.1) is 24.3 Å². The number of nitrogens with two attached hydrogens (primary N) is 1. The molecule has 0 bridgehead atoms. The van der Waals surface area contributed by atoms with Crippen molar-refractivity contribution in [1.29, 1.82) is 0 Å². The van der Waals surface area contributed by atoms with E-state index in [4.69, 9.17) is 17.3 Å². The Morgan fingerprint density at radius 1 is 1.42 bits per heavy atom. The number of hydrogen-bond acceptors (Lipinski definition) is 4. The number of amides is 2. The zero-order valence-electron chi connectivity index (χ0n) is 12.3. The Morgan fingerprint density at radius 3 is 2.75 bits per heavy atom. The van der Waals surface area contributed by atoms with Gasteiger partial charge in [-0.2, -0.15) is 5.10 Å². The fraction of sp³-hybridized carbons (Fsp3) is 0.200. The number of nitrogens with zero attached hydrogens (tertiary/aromatic N) is 3. The van der Waals surface area contributed by atoms with E-state index in [9.17, 15) is 19.5 Å². The van der Waals surface area contributed by atoms with E-state index in [0.717, 1.165) is 4.90 Å². The van der Waals surface area contributed by atoms with Gasteiger partial charge < -0.3 is 15.6 Å². The van der Waals surface area contributed by atoms with Gasteiger partial charge in [-0.25, -0.2) is 4.79 Å². The fourth-order valence-electron chi connectivity index (χ4n) is 2.79. The molecule has 0 radical (unpaired) electrons. The summed E-state index contributed by atoms with van der Waals surface area (Å²) < 4.78 is 1.36. The minimum Gasteiger partial charge on any atom is -0.465 e. The lowest BCUT2D eigenvalue weighted by molar-refractivity contribution is -0.111. The first kappa shape index (κ1) is 16.0. The highest BCUT2D eigenvalue weighted by atomic mass is 35.5. The number of carbonyl (C=O) groups is 3. The highest BCUT2D eigenvalue weighted by Gasteiger charge is 2.34. The summed E-state index contributed by atoms with van der Waals surface area (Å²) >= 11 is 5.98. The van der Waals surface area contributed by atoms with Crippen molar-refractivity contribution in [3.05, 3.63) is 40.5 Å². The van der Waals surface area contributed by atoms with Crippen molar-refractivity contribution in [3.8, 4) is 11.3 Å². The highest BCUT2D eigenvalue weighted by molar-refractivity contribution is 6.30. The number of rotatable bonds is 3. The van der Waals surface area contributed by atoms with Crippen LogP contribution in [0.15, 0.2) is 24.3 Å². The molecular weight excluding hydrogens is 336 g/mol. The Balaban J connectivity index is 2.22. The van der Waals surface area contributed by atoms with E-state index in [0.29, 0.717) is 22.6 Å². The van der Waals surface area contributed by atoms with Gasteiger partial charge in [-0.15, -0.1) is 0 Å². The van der Waals surface area contributed by atoms with Crippen LogP contribution < -0.4 is 5.73 Å². The minimum atomic E-state index is -1.19. The summed E-state index contributed by atoms with van der Waals surface area (Å²) in [5, 5.41) is 14.0. The van der Waals surface area contributed by atoms with Crippen molar-refractivity contribution >= 4 is 29.9 Å². The van der Waals surface area contributed by atoms with Crippen LogP contribution in [0.5, 0.6) is 0 Å². The number of halogens is 1. The molecule has 1 aromatic carbocycles. The third kappa shape index (κ3) is 2.61. The topological polar surface area (TPSA) is 119 Å². The van der Waals surface area contributed by atoms with Crippen LogP contribution >= 0.6 is 11.6 Å². The number of benzene rings is 1. The maximum Gasteiger partial charge on any atom is 0.407 e. The van der Waals surface area contributed by atoms with Gasteiger partial charge in [0.2, 0.25) is 0 Å². The number of aldehydes is 1. The summed E-state index contributed by atoms with van der Waals surface area (Å²) in [7, 11) is 0. The van der Waals surface area contributed by atoms with Crippen LogP contribution in [0.2, 0.25) is 5.02 Å². The molecule has 124 valence electrons. The van der Waals surface area contributed by atoms with Crippen molar-refractivity contribution in [3.63, 3.8) is 0 Å². The minimum absolute atomic E-state index is 0.0410. The van der Waals surface area contributed by atoms with Crippen LogP contribution in [0, 0.1) is 0 Å². The molecule has 2 heterocycles. The van der Waals surface area contributed by atoms with Crippen molar-refractivity contribution in [2.75, 3.05) is 6.54 Å². The first-order valence-corrected chi connectivity index (χ1v) is 7.40. The van der Waals surface area contributed by atoms with Gasteiger partial charge >= 0.3 is 6.09 Å². The van der Waals surface area contributed by atoms with E-state index in [-0.39, 0.29) is 24.3 Å².